The van der Waals surface area contributed by atoms with Crippen molar-refractivity contribution in [3.63, 3.8) is 0 Å². The summed E-state index contributed by atoms with van der Waals surface area (Å²) in [7, 11) is 1.67. The molecule has 1 aromatic carbocycles. The number of rotatable bonds is 6. The van der Waals surface area contributed by atoms with E-state index in [4.69, 9.17) is 16.3 Å². The molecule has 0 radical (unpaired) electrons. The first kappa shape index (κ1) is 14.6. The maximum absolute atomic E-state index is 5.94. The number of halogens is 1. The minimum absolute atomic E-state index is 0.276. The van der Waals surface area contributed by atoms with Crippen LogP contribution in [0.25, 0.3) is 0 Å². The Hall–Kier alpha value is -1.81. The Morgan fingerprint density at radius 1 is 1.25 bits per heavy atom. The Balaban J connectivity index is 2.10. The monoisotopic (exact) mass is 291 g/mol. The van der Waals surface area contributed by atoms with E-state index in [1.807, 2.05) is 30.3 Å². The molecule has 0 saturated heterocycles. The van der Waals surface area contributed by atoms with Crippen LogP contribution in [0.1, 0.15) is 24.6 Å². The van der Waals surface area contributed by atoms with Crippen molar-refractivity contribution in [2.75, 3.05) is 12.4 Å². The van der Waals surface area contributed by atoms with Gasteiger partial charge in [0, 0.05) is 23.9 Å². The SMILES string of the molecule is CCCc1cc(NCc2ccccc2OC)nc(Cl)n1. The Morgan fingerprint density at radius 2 is 2.05 bits per heavy atom. The van der Waals surface area contributed by atoms with E-state index in [0.29, 0.717) is 6.54 Å². The first-order valence-electron chi connectivity index (χ1n) is 6.62. The van der Waals surface area contributed by atoms with Crippen LogP contribution in [0.5, 0.6) is 5.75 Å². The molecule has 1 aromatic heterocycles. The van der Waals surface area contributed by atoms with Gasteiger partial charge in [-0.05, 0) is 24.1 Å². The molecule has 0 saturated carbocycles. The quantitative estimate of drug-likeness (QED) is 0.824. The zero-order valence-electron chi connectivity index (χ0n) is 11.7. The van der Waals surface area contributed by atoms with Gasteiger partial charge in [-0.25, -0.2) is 9.97 Å². The molecule has 2 rings (SSSR count). The number of aromatic nitrogens is 2. The molecule has 4 nitrogen and oxygen atoms in total. The third kappa shape index (κ3) is 3.84. The molecule has 106 valence electrons. The summed E-state index contributed by atoms with van der Waals surface area (Å²) in [5, 5.41) is 3.54. The van der Waals surface area contributed by atoms with Crippen molar-refractivity contribution in [1.29, 1.82) is 0 Å². The lowest BCUT2D eigenvalue weighted by atomic mass is 10.2. The molecular weight excluding hydrogens is 274 g/mol. The molecule has 0 aliphatic carbocycles. The second kappa shape index (κ2) is 7.10. The maximum Gasteiger partial charge on any atom is 0.224 e. The second-order valence-electron chi connectivity index (χ2n) is 4.43. The zero-order valence-corrected chi connectivity index (χ0v) is 12.4. The van der Waals surface area contributed by atoms with Gasteiger partial charge >= 0.3 is 0 Å². The van der Waals surface area contributed by atoms with Gasteiger partial charge in [0.2, 0.25) is 5.28 Å². The fourth-order valence-corrected chi connectivity index (χ4v) is 2.17. The lowest BCUT2D eigenvalue weighted by Gasteiger charge is -2.10. The summed E-state index contributed by atoms with van der Waals surface area (Å²) in [6.45, 7) is 2.74. The van der Waals surface area contributed by atoms with E-state index in [1.54, 1.807) is 7.11 Å². The fourth-order valence-electron chi connectivity index (χ4n) is 1.97. The lowest BCUT2D eigenvalue weighted by molar-refractivity contribution is 0.410. The number of hydrogen-bond acceptors (Lipinski definition) is 4. The molecule has 0 atom stereocenters. The highest BCUT2D eigenvalue weighted by atomic mass is 35.5. The van der Waals surface area contributed by atoms with Crippen molar-refractivity contribution >= 4 is 17.4 Å². The van der Waals surface area contributed by atoms with E-state index in [-0.39, 0.29) is 5.28 Å². The third-order valence-electron chi connectivity index (χ3n) is 2.91. The van der Waals surface area contributed by atoms with E-state index in [9.17, 15) is 0 Å². The molecule has 0 bridgehead atoms. The van der Waals surface area contributed by atoms with Gasteiger partial charge in [0.1, 0.15) is 11.6 Å². The van der Waals surface area contributed by atoms with Gasteiger partial charge in [-0.1, -0.05) is 31.5 Å². The molecule has 0 unspecified atom stereocenters. The predicted octanol–water partition coefficient (Wildman–Crippen LogP) is 3.70. The number of anilines is 1. The van der Waals surface area contributed by atoms with E-state index >= 15 is 0 Å². The van der Waals surface area contributed by atoms with Gasteiger partial charge in [0.15, 0.2) is 0 Å². The average molecular weight is 292 g/mol. The number of methoxy groups -OCH3 is 1. The predicted molar refractivity (Wildman–Crippen MR) is 81.4 cm³/mol. The molecule has 0 aliphatic rings. The van der Waals surface area contributed by atoms with Crippen LogP contribution in [-0.2, 0) is 13.0 Å². The summed E-state index contributed by atoms with van der Waals surface area (Å²) >= 11 is 5.94. The van der Waals surface area contributed by atoms with E-state index in [2.05, 4.69) is 22.2 Å². The van der Waals surface area contributed by atoms with Crippen LogP contribution in [-0.4, -0.2) is 17.1 Å². The fraction of sp³-hybridized carbons (Fsp3) is 0.333. The molecule has 0 fully saturated rings. The first-order valence-corrected chi connectivity index (χ1v) is 7.00. The summed E-state index contributed by atoms with van der Waals surface area (Å²) in [5.74, 6) is 1.59. The number of hydrogen-bond donors (Lipinski definition) is 1. The minimum atomic E-state index is 0.276. The molecule has 0 spiro atoms. The van der Waals surface area contributed by atoms with Gasteiger partial charge in [-0.2, -0.15) is 0 Å². The van der Waals surface area contributed by atoms with Gasteiger partial charge in [0.05, 0.1) is 7.11 Å². The smallest absolute Gasteiger partial charge is 0.224 e. The number of nitrogens with zero attached hydrogens (tertiary/aromatic N) is 2. The number of ether oxygens (including phenoxy) is 1. The number of nitrogens with one attached hydrogen (secondary N) is 1. The van der Waals surface area contributed by atoms with E-state index < -0.39 is 0 Å². The van der Waals surface area contributed by atoms with Gasteiger partial charge < -0.3 is 10.1 Å². The van der Waals surface area contributed by atoms with Crippen molar-refractivity contribution < 1.29 is 4.74 Å². The maximum atomic E-state index is 5.94. The molecular formula is C15H18ClN3O. The Labute approximate surface area is 124 Å². The molecule has 2 aromatic rings. The van der Waals surface area contributed by atoms with Crippen LogP contribution in [0.2, 0.25) is 5.28 Å². The van der Waals surface area contributed by atoms with Crippen LogP contribution in [0, 0.1) is 0 Å². The number of para-hydroxylation sites is 1. The highest BCUT2D eigenvalue weighted by Gasteiger charge is 2.05. The largest absolute Gasteiger partial charge is 0.496 e. The third-order valence-corrected chi connectivity index (χ3v) is 3.08. The van der Waals surface area contributed by atoms with Gasteiger partial charge in [0.25, 0.3) is 0 Å². The van der Waals surface area contributed by atoms with E-state index in [0.717, 1.165) is 35.7 Å². The summed E-state index contributed by atoms with van der Waals surface area (Å²) in [6.07, 6.45) is 1.92. The van der Waals surface area contributed by atoms with Crippen LogP contribution in [0.15, 0.2) is 30.3 Å². The number of benzene rings is 1. The van der Waals surface area contributed by atoms with Crippen LogP contribution in [0.3, 0.4) is 0 Å². The molecule has 5 heteroatoms. The first-order chi connectivity index (χ1) is 9.72. The second-order valence-corrected chi connectivity index (χ2v) is 4.77. The number of aryl methyl sites for hydroxylation is 1. The zero-order chi connectivity index (χ0) is 14.4. The van der Waals surface area contributed by atoms with Crippen LogP contribution >= 0.6 is 11.6 Å². The van der Waals surface area contributed by atoms with Crippen LogP contribution < -0.4 is 10.1 Å². The Morgan fingerprint density at radius 3 is 2.80 bits per heavy atom. The Bertz CT molecular complexity index is 575. The van der Waals surface area contributed by atoms with Crippen molar-refractivity contribution in [2.24, 2.45) is 0 Å². The minimum Gasteiger partial charge on any atom is -0.496 e. The topological polar surface area (TPSA) is 47.0 Å². The summed E-state index contributed by atoms with van der Waals surface area (Å²) in [6, 6.07) is 9.82. The standard InChI is InChI=1S/C15H18ClN3O/c1-3-6-12-9-14(19-15(16)18-12)17-10-11-7-4-5-8-13(11)20-2/h4-5,7-9H,3,6,10H2,1-2H3,(H,17,18,19). The van der Waals surface area contributed by atoms with Crippen LogP contribution in [0.4, 0.5) is 5.82 Å². The highest BCUT2D eigenvalue weighted by molar-refractivity contribution is 6.28. The molecule has 0 aliphatic heterocycles. The van der Waals surface area contributed by atoms with Gasteiger partial charge in [-0.3, -0.25) is 0 Å². The Kier molecular flexibility index (Phi) is 5.18. The molecule has 0 amide bonds. The summed E-state index contributed by atoms with van der Waals surface area (Å²) in [4.78, 5) is 8.39. The molecule has 1 heterocycles. The van der Waals surface area contributed by atoms with Crippen molar-refractivity contribution in [3.8, 4) is 5.75 Å². The highest BCUT2D eigenvalue weighted by Crippen LogP contribution is 2.19. The molecule has 20 heavy (non-hydrogen) atoms. The van der Waals surface area contributed by atoms with Gasteiger partial charge in [-0.15, -0.1) is 0 Å². The summed E-state index contributed by atoms with van der Waals surface area (Å²) < 4.78 is 5.32. The van der Waals surface area contributed by atoms with E-state index in [1.165, 1.54) is 0 Å². The van der Waals surface area contributed by atoms with Crippen molar-refractivity contribution in [2.45, 2.75) is 26.3 Å². The lowest BCUT2D eigenvalue weighted by Crippen LogP contribution is -2.05. The van der Waals surface area contributed by atoms with Crippen molar-refractivity contribution in [1.82, 2.24) is 9.97 Å². The summed E-state index contributed by atoms with van der Waals surface area (Å²) in [5.41, 5.74) is 2.02. The average Bonchev–Trinajstić information content (AvgIpc) is 2.45. The normalized spacial score (nSPS) is 10.3. The molecule has 1 N–H and O–H groups in total. The van der Waals surface area contributed by atoms with Crippen molar-refractivity contribution in [3.05, 3.63) is 46.9 Å².